The molecule has 0 aliphatic rings. The molecule has 0 aliphatic carbocycles. The average molecular weight is 500 g/mol. The monoisotopic (exact) mass is 499 g/mol. The van der Waals surface area contributed by atoms with Gasteiger partial charge in [-0.15, -0.1) is 10.2 Å². The van der Waals surface area contributed by atoms with Crippen molar-refractivity contribution in [1.82, 2.24) is 10.2 Å². The Labute approximate surface area is 203 Å². The summed E-state index contributed by atoms with van der Waals surface area (Å²) in [7, 11) is 0. The van der Waals surface area contributed by atoms with Gasteiger partial charge in [0.2, 0.25) is 5.91 Å². The topological polar surface area (TPSA) is 77.2 Å². The van der Waals surface area contributed by atoms with Crippen LogP contribution in [0.4, 0.5) is 18.9 Å². The van der Waals surface area contributed by atoms with Crippen LogP contribution in [0.25, 0.3) is 11.5 Å². The van der Waals surface area contributed by atoms with Gasteiger partial charge in [0, 0.05) is 5.69 Å². The molecule has 1 atom stereocenters. The highest BCUT2D eigenvalue weighted by Gasteiger charge is 2.31. The molecule has 0 fully saturated rings. The molecule has 0 spiro atoms. The lowest BCUT2D eigenvalue weighted by Gasteiger charge is -2.16. The normalized spacial score (nSPS) is 12.2. The maximum atomic E-state index is 13.2. The summed E-state index contributed by atoms with van der Waals surface area (Å²) in [5.74, 6) is 0.272. The first-order valence-electron chi connectivity index (χ1n) is 10.6. The number of thioether (sulfide) groups is 1. The van der Waals surface area contributed by atoms with Crippen LogP contribution in [0, 0.1) is 0 Å². The van der Waals surface area contributed by atoms with E-state index >= 15 is 0 Å². The number of nitrogens with zero attached hydrogens (tertiary/aromatic N) is 2. The van der Waals surface area contributed by atoms with Crippen LogP contribution in [0.1, 0.15) is 23.3 Å². The molecule has 4 rings (SSSR count). The summed E-state index contributed by atoms with van der Waals surface area (Å²) in [6.45, 7) is 2.32. The maximum absolute atomic E-state index is 13.2. The molecule has 1 unspecified atom stereocenters. The SMILES string of the molecule is CCOc1ccccc1-c1nnc(SC(C(=O)Nc2cccc(C(F)(F)F)c2)c2ccccc2)o1. The first-order chi connectivity index (χ1) is 16.8. The van der Waals surface area contributed by atoms with E-state index in [0.29, 0.717) is 23.5 Å². The molecule has 0 saturated carbocycles. The average Bonchev–Trinajstić information content (AvgIpc) is 3.32. The quantitative estimate of drug-likeness (QED) is 0.274. The summed E-state index contributed by atoms with van der Waals surface area (Å²) in [5.41, 5.74) is 0.409. The predicted molar refractivity (Wildman–Crippen MR) is 126 cm³/mol. The van der Waals surface area contributed by atoms with E-state index in [2.05, 4.69) is 15.5 Å². The van der Waals surface area contributed by atoms with Gasteiger partial charge < -0.3 is 14.5 Å². The van der Waals surface area contributed by atoms with Gasteiger partial charge in [-0.3, -0.25) is 4.79 Å². The van der Waals surface area contributed by atoms with Gasteiger partial charge in [0.1, 0.15) is 11.0 Å². The van der Waals surface area contributed by atoms with Crippen molar-refractivity contribution in [3.63, 3.8) is 0 Å². The molecule has 6 nitrogen and oxygen atoms in total. The molecule has 4 aromatic rings. The number of ether oxygens (including phenoxy) is 1. The predicted octanol–water partition coefficient (Wildman–Crippen LogP) is 6.63. The van der Waals surface area contributed by atoms with E-state index < -0.39 is 22.9 Å². The first kappa shape index (κ1) is 24.3. The lowest BCUT2D eigenvalue weighted by molar-refractivity contribution is -0.137. The van der Waals surface area contributed by atoms with Crippen LogP contribution in [0.15, 0.2) is 88.5 Å². The molecule has 1 heterocycles. The van der Waals surface area contributed by atoms with Gasteiger partial charge in [0.05, 0.1) is 17.7 Å². The molecule has 35 heavy (non-hydrogen) atoms. The molecule has 3 aromatic carbocycles. The Balaban J connectivity index is 1.59. The largest absolute Gasteiger partial charge is 0.493 e. The summed E-state index contributed by atoms with van der Waals surface area (Å²) in [6.07, 6.45) is -4.52. The highest BCUT2D eigenvalue weighted by molar-refractivity contribution is 8.00. The van der Waals surface area contributed by atoms with Crippen molar-refractivity contribution < 1.29 is 27.1 Å². The van der Waals surface area contributed by atoms with Crippen molar-refractivity contribution in [2.24, 2.45) is 0 Å². The number of benzene rings is 3. The van der Waals surface area contributed by atoms with Crippen molar-refractivity contribution in [1.29, 1.82) is 0 Å². The zero-order chi connectivity index (χ0) is 24.8. The minimum absolute atomic E-state index is 0.0308. The van der Waals surface area contributed by atoms with Crippen LogP contribution in [-0.2, 0) is 11.0 Å². The molecule has 180 valence electrons. The molecule has 0 bridgehead atoms. The Bertz CT molecular complexity index is 1300. The molecule has 1 aromatic heterocycles. The lowest BCUT2D eigenvalue weighted by atomic mass is 10.1. The lowest BCUT2D eigenvalue weighted by Crippen LogP contribution is -2.19. The fraction of sp³-hybridized carbons (Fsp3) is 0.160. The number of nitrogens with one attached hydrogen (secondary N) is 1. The number of hydrogen-bond donors (Lipinski definition) is 1. The van der Waals surface area contributed by atoms with Crippen LogP contribution >= 0.6 is 11.8 Å². The number of amides is 1. The van der Waals surface area contributed by atoms with Crippen LogP contribution in [0.3, 0.4) is 0 Å². The number of carbonyl (C=O) groups is 1. The van der Waals surface area contributed by atoms with Gasteiger partial charge >= 0.3 is 6.18 Å². The van der Waals surface area contributed by atoms with Crippen LogP contribution < -0.4 is 10.1 Å². The number of rotatable bonds is 8. The van der Waals surface area contributed by atoms with E-state index in [1.807, 2.05) is 19.1 Å². The van der Waals surface area contributed by atoms with Crippen molar-refractivity contribution in [2.75, 3.05) is 11.9 Å². The summed E-state index contributed by atoms with van der Waals surface area (Å²) >= 11 is 0.998. The Kier molecular flexibility index (Phi) is 7.40. The van der Waals surface area contributed by atoms with Crippen LogP contribution in [0.2, 0.25) is 0 Å². The fourth-order valence-electron chi connectivity index (χ4n) is 3.27. The smallest absolute Gasteiger partial charge is 0.416 e. The van der Waals surface area contributed by atoms with Gasteiger partial charge in [0.15, 0.2) is 0 Å². The van der Waals surface area contributed by atoms with Gasteiger partial charge in [-0.05, 0) is 54.6 Å². The Hall–Kier alpha value is -3.79. The van der Waals surface area contributed by atoms with E-state index in [-0.39, 0.29) is 16.8 Å². The molecule has 10 heteroatoms. The van der Waals surface area contributed by atoms with Crippen molar-refractivity contribution >= 4 is 23.4 Å². The molecule has 0 aliphatic heterocycles. The van der Waals surface area contributed by atoms with Gasteiger partial charge in [-0.25, -0.2) is 0 Å². The molecule has 1 amide bonds. The van der Waals surface area contributed by atoms with E-state index in [1.165, 1.54) is 12.1 Å². The summed E-state index contributed by atoms with van der Waals surface area (Å²) in [4.78, 5) is 13.2. The van der Waals surface area contributed by atoms with E-state index in [1.54, 1.807) is 42.5 Å². The number of halogens is 3. The second-order valence-electron chi connectivity index (χ2n) is 7.28. The van der Waals surface area contributed by atoms with Crippen molar-refractivity contribution in [3.8, 4) is 17.2 Å². The number of carbonyl (C=O) groups excluding carboxylic acids is 1. The van der Waals surface area contributed by atoms with Gasteiger partial charge in [0.25, 0.3) is 11.1 Å². The fourth-order valence-corrected chi connectivity index (χ4v) is 4.15. The summed E-state index contributed by atoms with van der Waals surface area (Å²) < 4.78 is 50.7. The third kappa shape index (κ3) is 6.02. The Morgan fingerprint density at radius 3 is 2.51 bits per heavy atom. The third-order valence-corrected chi connectivity index (χ3v) is 5.93. The highest BCUT2D eigenvalue weighted by Crippen LogP contribution is 2.38. The molecule has 1 N–H and O–H groups in total. The van der Waals surface area contributed by atoms with Crippen molar-refractivity contribution in [3.05, 3.63) is 90.0 Å². The molecular weight excluding hydrogens is 479 g/mol. The zero-order valence-corrected chi connectivity index (χ0v) is 19.3. The van der Waals surface area contributed by atoms with Gasteiger partial charge in [-0.2, -0.15) is 13.2 Å². The summed E-state index contributed by atoms with van der Waals surface area (Å²) in [5, 5.41) is 9.97. The molecule has 0 saturated heterocycles. The van der Waals surface area contributed by atoms with E-state index in [9.17, 15) is 18.0 Å². The number of aromatic nitrogens is 2. The van der Waals surface area contributed by atoms with Crippen molar-refractivity contribution in [2.45, 2.75) is 23.6 Å². The maximum Gasteiger partial charge on any atom is 0.416 e. The second kappa shape index (κ2) is 10.6. The Morgan fingerprint density at radius 2 is 1.77 bits per heavy atom. The summed E-state index contributed by atoms with van der Waals surface area (Å²) in [6, 6.07) is 20.5. The third-order valence-electron chi connectivity index (χ3n) is 4.84. The first-order valence-corrected chi connectivity index (χ1v) is 11.5. The number of anilines is 1. The molecular formula is C25H20F3N3O3S. The zero-order valence-electron chi connectivity index (χ0n) is 18.5. The molecule has 0 radical (unpaired) electrons. The minimum Gasteiger partial charge on any atom is -0.493 e. The van der Waals surface area contributed by atoms with E-state index in [0.717, 1.165) is 23.9 Å². The Morgan fingerprint density at radius 1 is 1.03 bits per heavy atom. The minimum atomic E-state index is -4.52. The van der Waals surface area contributed by atoms with Crippen LogP contribution in [-0.4, -0.2) is 22.7 Å². The van der Waals surface area contributed by atoms with Crippen LogP contribution in [0.5, 0.6) is 5.75 Å². The van der Waals surface area contributed by atoms with E-state index in [4.69, 9.17) is 9.15 Å². The number of para-hydroxylation sites is 1. The standard InChI is InChI=1S/C25H20F3N3O3S/c1-2-33-20-14-7-6-13-19(20)23-30-31-24(34-23)35-21(16-9-4-3-5-10-16)22(32)29-18-12-8-11-17(15-18)25(26,27)28/h3-15,21H,2H2,1H3,(H,29,32). The number of alkyl halides is 3. The second-order valence-corrected chi connectivity index (χ2v) is 8.34. The highest BCUT2D eigenvalue weighted by atomic mass is 32.2. The number of hydrogen-bond acceptors (Lipinski definition) is 6. The van der Waals surface area contributed by atoms with Gasteiger partial charge in [-0.1, -0.05) is 48.5 Å².